The van der Waals surface area contributed by atoms with Gasteiger partial charge in [-0.05, 0) is 32.9 Å². The van der Waals surface area contributed by atoms with Gasteiger partial charge in [0.1, 0.15) is 34.5 Å². The summed E-state index contributed by atoms with van der Waals surface area (Å²) in [7, 11) is 0. The van der Waals surface area contributed by atoms with Crippen molar-refractivity contribution in [1.82, 2.24) is 0 Å². The maximum absolute atomic E-state index is 12.4. The van der Waals surface area contributed by atoms with Gasteiger partial charge in [-0.25, -0.2) is 0 Å². The first-order valence-electron chi connectivity index (χ1n) is 6.79. The molecule has 0 saturated carbocycles. The van der Waals surface area contributed by atoms with E-state index in [0.717, 1.165) is 5.56 Å². The van der Waals surface area contributed by atoms with Crippen molar-refractivity contribution in [2.75, 3.05) is 0 Å². The summed E-state index contributed by atoms with van der Waals surface area (Å²) in [5, 5.41) is 10.2. The van der Waals surface area contributed by atoms with Crippen LogP contribution in [0.1, 0.15) is 43.6 Å². The van der Waals surface area contributed by atoms with Crippen LogP contribution in [-0.4, -0.2) is 22.6 Å². The van der Waals surface area contributed by atoms with E-state index in [1.165, 1.54) is 6.07 Å². The van der Waals surface area contributed by atoms with Gasteiger partial charge in [-0.15, -0.1) is 0 Å². The Hall–Kier alpha value is -1.97. The topological polar surface area (TPSA) is 55.8 Å². The first-order chi connectivity index (χ1) is 9.30. The lowest BCUT2D eigenvalue weighted by Gasteiger charge is -2.33. The second-order valence-corrected chi connectivity index (χ2v) is 6.03. The third-order valence-electron chi connectivity index (χ3n) is 3.95. The highest BCUT2D eigenvalue weighted by molar-refractivity contribution is 6.05. The summed E-state index contributed by atoms with van der Waals surface area (Å²) in [4.78, 5) is 12.4. The van der Waals surface area contributed by atoms with Gasteiger partial charge < -0.3 is 14.6 Å². The van der Waals surface area contributed by atoms with Gasteiger partial charge in [0.2, 0.25) is 0 Å². The van der Waals surface area contributed by atoms with E-state index in [1.54, 1.807) is 0 Å². The maximum Gasteiger partial charge on any atom is 0.176 e. The van der Waals surface area contributed by atoms with Crippen molar-refractivity contribution in [3.8, 4) is 17.2 Å². The van der Waals surface area contributed by atoms with Crippen molar-refractivity contribution < 1.29 is 19.4 Å². The Morgan fingerprint density at radius 3 is 2.70 bits per heavy atom. The van der Waals surface area contributed by atoms with Crippen molar-refractivity contribution in [1.29, 1.82) is 0 Å². The molecule has 20 heavy (non-hydrogen) atoms. The Morgan fingerprint density at radius 2 is 2.00 bits per heavy atom. The zero-order chi connectivity index (χ0) is 14.7. The standard InChI is InChI=1S/C16H18O4/c1-8-9(2)19-15-10-5-6-16(3,4)20-12(10)7-11(17)13(15)14(8)18/h5-9,17H,1-4H3/t8-,9+/m0/s1. The highest BCUT2D eigenvalue weighted by Crippen LogP contribution is 2.46. The number of rotatable bonds is 0. The molecule has 0 radical (unpaired) electrons. The molecule has 0 fully saturated rings. The summed E-state index contributed by atoms with van der Waals surface area (Å²) in [6.07, 6.45) is 3.60. The minimum atomic E-state index is -0.439. The minimum absolute atomic E-state index is 0.0754. The molecular weight excluding hydrogens is 256 g/mol. The summed E-state index contributed by atoms with van der Waals surface area (Å²) in [6, 6.07) is 1.50. The first-order valence-corrected chi connectivity index (χ1v) is 6.79. The molecule has 0 bridgehead atoms. The van der Waals surface area contributed by atoms with Crippen LogP contribution in [0.2, 0.25) is 0 Å². The van der Waals surface area contributed by atoms with Crippen LogP contribution in [0.4, 0.5) is 0 Å². The van der Waals surface area contributed by atoms with Crippen molar-refractivity contribution in [3.63, 3.8) is 0 Å². The Morgan fingerprint density at radius 1 is 1.30 bits per heavy atom. The van der Waals surface area contributed by atoms with E-state index in [9.17, 15) is 9.90 Å². The minimum Gasteiger partial charge on any atom is -0.507 e. The van der Waals surface area contributed by atoms with Gasteiger partial charge in [0, 0.05) is 6.07 Å². The third-order valence-corrected chi connectivity index (χ3v) is 3.95. The molecule has 4 nitrogen and oxygen atoms in total. The molecule has 0 saturated heterocycles. The van der Waals surface area contributed by atoms with Gasteiger partial charge in [0.15, 0.2) is 5.78 Å². The van der Waals surface area contributed by atoms with Gasteiger partial charge in [0.05, 0.1) is 11.5 Å². The fourth-order valence-electron chi connectivity index (χ4n) is 2.57. The number of phenols is 1. The number of ketones is 1. The molecule has 0 amide bonds. The van der Waals surface area contributed by atoms with E-state index >= 15 is 0 Å². The SMILES string of the molecule is C[C@@H]1C(=O)c2c(O)cc3c(c2O[C@@H]1C)C=CC(C)(C)O3. The number of ether oxygens (including phenoxy) is 2. The molecule has 2 aliphatic heterocycles. The average molecular weight is 274 g/mol. The molecule has 0 aliphatic carbocycles. The van der Waals surface area contributed by atoms with Crippen molar-refractivity contribution >= 4 is 11.9 Å². The van der Waals surface area contributed by atoms with Crippen molar-refractivity contribution in [3.05, 3.63) is 23.3 Å². The van der Waals surface area contributed by atoms with E-state index in [4.69, 9.17) is 9.47 Å². The molecular formula is C16H18O4. The highest BCUT2D eigenvalue weighted by Gasteiger charge is 2.37. The van der Waals surface area contributed by atoms with Gasteiger partial charge in [-0.3, -0.25) is 4.79 Å². The van der Waals surface area contributed by atoms with Gasteiger partial charge in [-0.1, -0.05) is 6.92 Å². The Kier molecular flexibility index (Phi) is 2.61. The number of benzene rings is 1. The number of fused-ring (bicyclic) bond motifs is 3. The van der Waals surface area contributed by atoms with Crippen LogP contribution in [0.15, 0.2) is 12.1 Å². The second kappa shape index (κ2) is 4.01. The van der Waals surface area contributed by atoms with Crippen LogP contribution in [0.5, 0.6) is 17.2 Å². The lowest BCUT2D eigenvalue weighted by atomic mass is 9.88. The molecule has 1 aromatic rings. The fourth-order valence-corrected chi connectivity index (χ4v) is 2.57. The monoisotopic (exact) mass is 274 g/mol. The van der Waals surface area contributed by atoms with Gasteiger partial charge in [-0.2, -0.15) is 0 Å². The lowest BCUT2D eigenvalue weighted by Crippen LogP contribution is -2.35. The summed E-state index contributed by atoms with van der Waals surface area (Å²) in [6.45, 7) is 7.53. The lowest BCUT2D eigenvalue weighted by molar-refractivity contribution is 0.0720. The van der Waals surface area contributed by atoms with Crippen LogP contribution in [0, 0.1) is 5.92 Å². The summed E-state index contributed by atoms with van der Waals surface area (Å²) < 4.78 is 11.7. The van der Waals surface area contributed by atoms with Crippen molar-refractivity contribution in [2.24, 2.45) is 5.92 Å². The summed E-state index contributed by atoms with van der Waals surface area (Å²) >= 11 is 0. The Labute approximate surface area is 118 Å². The largest absolute Gasteiger partial charge is 0.507 e. The molecule has 2 heterocycles. The second-order valence-electron chi connectivity index (χ2n) is 6.03. The number of carbonyl (C=O) groups is 1. The molecule has 1 N–H and O–H groups in total. The average Bonchev–Trinajstić information content (AvgIpc) is 2.34. The maximum atomic E-state index is 12.4. The fraction of sp³-hybridized carbons (Fsp3) is 0.438. The van der Waals surface area contributed by atoms with Crippen LogP contribution in [0.25, 0.3) is 6.08 Å². The zero-order valence-electron chi connectivity index (χ0n) is 12.1. The van der Waals surface area contributed by atoms with Crippen LogP contribution in [-0.2, 0) is 0 Å². The normalized spacial score (nSPS) is 26.3. The van der Waals surface area contributed by atoms with E-state index in [0.29, 0.717) is 11.5 Å². The number of Topliss-reactive ketones (excluding diaryl/α,β-unsaturated/α-hetero) is 1. The molecule has 0 spiro atoms. The van der Waals surface area contributed by atoms with Crippen LogP contribution < -0.4 is 9.47 Å². The first kappa shape index (κ1) is 13.0. The molecule has 0 aromatic heterocycles. The highest BCUT2D eigenvalue weighted by atomic mass is 16.5. The number of carbonyl (C=O) groups excluding carboxylic acids is 1. The van der Waals surface area contributed by atoms with Crippen molar-refractivity contribution in [2.45, 2.75) is 39.4 Å². The molecule has 0 unspecified atom stereocenters. The van der Waals surface area contributed by atoms with E-state index < -0.39 is 5.60 Å². The zero-order valence-corrected chi connectivity index (χ0v) is 12.1. The smallest absolute Gasteiger partial charge is 0.176 e. The number of hydrogen-bond donors (Lipinski definition) is 1. The molecule has 4 heteroatoms. The van der Waals surface area contributed by atoms with E-state index in [-0.39, 0.29) is 29.1 Å². The third kappa shape index (κ3) is 1.79. The molecule has 3 rings (SSSR count). The summed E-state index contributed by atoms with van der Waals surface area (Å²) in [5.74, 6) is 0.549. The molecule has 2 aliphatic rings. The van der Waals surface area contributed by atoms with Gasteiger partial charge in [0.25, 0.3) is 0 Å². The van der Waals surface area contributed by atoms with Crippen LogP contribution >= 0.6 is 0 Å². The van der Waals surface area contributed by atoms with Gasteiger partial charge >= 0.3 is 0 Å². The Balaban J connectivity index is 2.22. The predicted octanol–water partition coefficient (Wildman–Crippen LogP) is 3.18. The number of hydrogen-bond acceptors (Lipinski definition) is 4. The van der Waals surface area contributed by atoms with E-state index in [2.05, 4.69) is 0 Å². The quantitative estimate of drug-likeness (QED) is 0.789. The number of aromatic hydroxyl groups is 1. The number of phenolic OH excluding ortho intramolecular Hbond substituents is 1. The van der Waals surface area contributed by atoms with E-state index in [1.807, 2.05) is 39.8 Å². The molecule has 2 atom stereocenters. The summed E-state index contributed by atoms with van der Waals surface area (Å²) in [5.41, 5.74) is 0.553. The molecule has 106 valence electrons. The van der Waals surface area contributed by atoms with Crippen LogP contribution in [0.3, 0.4) is 0 Å². The Bertz CT molecular complexity index is 628. The predicted molar refractivity (Wildman–Crippen MR) is 75.4 cm³/mol. The molecule has 1 aromatic carbocycles.